The third kappa shape index (κ3) is 65.1. The van der Waals surface area contributed by atoms with Crippen LogP contribution in [0, 0.1) is 0 Å². The molecule has 21 heteroatoms. The molecule has 9 atom stereocenters. The van der Waals surface area contributed by atoms with Gasteiger partial charge in [-0.25, -0.2) is 4.57 Å². The highest BCUT2D eigenvalue weighted by molar-refractivity contribution is 7.47. The summed E-state index contributed by atoms with van der Waals surface area (Å²) >= 11 is 0. The summed E-state index contributed by atoms with van der Waals surface area (Å²) in [4.78, 5) is 104. The van der Waals surface area contributed by atoms with Crippen LogP contribution in [0.25, 0.3) is 0 Å². The molecule has 0 radical (unpaired) electrons. The van der Waals surface area contributed by atoms with Gasteiger partial charge in [0.05, 0.1) is 32.5 Å². The maximum atomic E-state index is 15.2. The molecule has 0 aromatic carbocycles. The van der Waals surface area contributed by atoms with Gasteiger partial charge in [-0.1, -0.05) is 388 Å². The Balaban J connectivity index is 3.83. The van der Waals surface area contributed by atoms with Gasteiger partial charge in [-0.2, -0.15) is 9.48 Å². The molecule has 0 bridgehead atoms. The number of amides is 2. The van der Waals surface area contributed by atoms with E-state index in [4.69, 9.17) is 37.6 Å². The Morgan fingerprint density at radius 3 is 0.933 bits per heavy atom. The molecule has 0 spiro atoms. The fourth-order valence-corrected chi connectivity index (χ4v) is 17.5. The third-order valence-corrected chi connectivity index (χ3v) is 25.4. The molecular formula is C98H189N3O17P+. The van der Waals surface area contributed by atoms with Crippen LogP contribution in [0.15, 0.2) is 0 Å². The Morgan fingerprint density at radius 1 is 0.361 bits per heavy atom. The molecule has 2 amide bonds. The fourth-order valence-electron chi connectivity index (χ4n) is 16.5. The van der Waals surface area contributed by atoms with Crippen molar-refractivity contribution < 1.29 is 85.5 Å². The van der Waals surface area contributed by atoms with Crippen molar-refractivity contribution in [2.45, 2.75) is 554 Å². The number of hydroxylamine groups is 3. The van der Waals surface area contributed by atoms with Gasteiger partial charge < -0.3 is 44.3 Å². The van der Waals surface area contributed by atoms with E-state index in [1.54, 1.807) is 0 Å². The Kier molecular flexibility index (Phi) is 77.1. The van der Waals surface area contributed by atoms with Crippen LogP contribution in [0.4, 0.5) is 0 Å². The van der Waals surface area contributed by atoms with Crippen LogP contribution >= 0.6 is 7.82 Å². The van der Waals surface area contributed by atoms with Crippen LogP contribution < -0.4 is 10.6 Å². The number of nitrogens with one attached hydrogen (secondary N) is 2. The average molecular weight is 1710 g/mol. The first-order chi connectivity index (χ1) is 57.9. The number of esters is 4. The van der Waals surface area contributed by atoms with Gasteiger partial charge in [0, 0.05) is 25.8 Å². The van der Waals surface area contributed by atoms with Crippen molar-refractivity contribution in [1.82, 2.24) is 10.6 Å². The fraction of sp³-hybridized carbons (Fsp3) is 0.939. The minimum absolute atomic E-state index is 0.00957. The summed E-state index contributed by atoms with van der Waals surface area (Å²) in [7, 11) is -5.28. The van der Waals surface area contributed by atoms with E-state index < -0.39 is 100 Å². The molecule has 4 N–H and O–H groups in total. The van der Waals surface area contributed by atoms with E-state index in [0.29, 0.717) is 64.6 Å². The van der Waals surface area contributed by atoms with Crippen LogP contribution in [0.5, 0.6) is 0 Å². The number of hydrogen-bond acceptors (Lipinski definition) is 16. The first-order valence-electron chi connectivity index (χ1n) is 50.7. The maximum Gasteiger partial charge on any atom is 0.472 e. The van der Waals surface area contributed by atoms with Gasteiger partial charge in [0.15, 0.2) is 6.10 Å². The number of rotatable bonds is 89. The van der Waals surface area contributed by atoms with Gasteiger partial charge in [-0.05, 0) is 78.6 Å². The van der Waals surface area contributed by atoms with E-state index in [1.807, 2.05) is 20.8 Å². The van der Waals surface area contributed by atoms with Gasteiger partial charge in [0.25, 0.3) is 0 Å². The highest BCUT2D eigenvalue weighted by atomic mass is 31.2. The quantitative estimate of drug-likeness (QED) is 0.0110. The van der Waals surface area contributed by atoms with E-state index >= 15 is 9.59 Å². The van der Waals surface area contributed by atoms with Crippen molar-refractivity contribution in [1.29, 1.82) is 0 Å². The number of carbonyl (C=O) groups is 6. The summed E-state index contributed by atoms with van der Waals surface area (Å²) in [5, 5.41) is 17.3. The van der Waals surface area contributed by atoms with E-state index in [0.717, 1.165) is 141 Å². The van der Waals surface area contributed by atoms with Crippen LogP contribution in [0.3, 0.4) is 0 Å². The maximum absolute atomic E-state index is 15.2. The number of phosphoric ester groups is 1. The van der Waals surface area contributed by atoms with Gasteiger partial charge in [-0.3, -0.25) is 37.8 Å². The average Bonchev–Trinajstić information content (AvgIpc) is 0.770. The van der Waals surface area contributed by atoms with Gasteiger partial charge in [-0.15, -0.1) is 0 Å². The molecular weight excluding hydrogens is 1520 g/mol. The minimum Gasteiger partial charge on any atom is -0.462 e. The molecule has 2 unspecified atom stereocenters. The van der Waals surface area contributed by atoms with Crippen LogP contribution in [-0.4, -0.2) is 139 Å². The highest BCUT2D eigenvalue weighted by Gasteiger charge is 2.55. The van der Waals surface area contributed by atoms with E-state index in [1.165, 1.54) is 218 Å². The number of aliphatic hydroxyl groups excluding tert-OH is 1. The third-order valence-electron chi connectivity index (χ3n) is 24.4. The molecule has 20 nitrogen and oxygen atoms in total. The molecule has 1 rings (SSSR count). The molecule has 1 aliphatic heterocycles. The summed E-state index contributed by atoms with van der Waals surface area (Å²) in [6.07, 6.45) is 59.0. The number of hydrogen-bond donors (Lipinski definition) is 4. The lowest BCUT2D eigenvalue weighted by Gasteiger charge is -2.47. The van der Waals surface area contributed by atoms with Gasteiger partial charge in [0.2, 0.25) is 18.1 Å². The summed E-state index contributed by atoms with van der Waals surface area (Å²) in [5.41, 5.74) is 0. The lowest BCUT2D eigenvalue weighted by atomic mass is 9.96. The molecule has 1 heterocycles. The van der Waals surface area contributed by atoms with Crippen molar-refractivity contribution in [3.05, 3.63) is 0 Å². The molecule has 0 aliphatic carbocycles. The second kappa shape index (κ2) is 80.6. The molecule has 0 aromatic rings. The monoisotopic (exact) mass is 1710 g/mol. The number of aliphatic hydroxyl groups is 1. The van der Waals surface area contributed by atoms with E-state index in [9.17, 15) is 33.7 Å². The first-order valence-corrected chi connectivity index (χ1v) is 52.2. The minimum atomic E-state index is -5.28. The largest absolute Gasteiger partial charge is 0.472 e. The molecule has 702 valence electrons. The Morgan fingerprint density at radius 2 is 0.639 bits per heavy atom. The molecule has 1 aliphatic rings. The first kappa shape index (κ1) is 114. The second-order valence-corrected chi connectivity index (χ2v) is 36.7. The predicted octanol–water partition coefficient (Wildman–Crippen LogP) is 26.3. The normalized spacial score (nSPS) is 16.9. The number of carbonyl (C=O) groups excluding carboxylic acids is 6. The Bertz CT molecular complexity index is 2410. The Labute approximate surface area is 729 Å². The molecule has 0 aromatic heterocycles. The van der Waals surface area contributed by atoms with Gasteiger partial charge in [0.1, 0.15) is 56.2 Å². The molecule has 1 fully saturated rings. The number of unbranched alkanes of at least 4 members (excludes halogenated alkanes) is 54. The van der Waals surface area contributed by atoms with Crippen LogP contribution in [0.2, 0.25) is 0 Å². The summed E-state index contributed by atoms with van der Waals surface area (Å²) in [5.74, 6) is -3.02. The lowest BCUT2D eigenvalue weighted by molar-refractivity contribution is -1.11. The Hall–Kier alpha value is -3.23. The molecule has 119 heavy (non-hydrogen) atoms. The predicted molar refractivity (Wildman–Crippen MR) is 486 cm³/mol. The SMILES string of the molecule is CCCCCCCCCCCCCC(=O)O[C@H](CCCCCCCCCCC)CC(=O)NCCOP(=O)(O)O[C@H]1[C@H](OC(=O)C[C@@H](CCCCCCCCCCC)OC(=O)CCCCCCCCCCCCC)[C@@H](NC(=O)C[C@@H](CCCCCCCCCCC)OC(=O)CCCCCCCCCCCCC)C(O[N+](CC)(CC)CC)O[C@@H]1CO. The topological polar surface area (TPSA) is 258 Å². The van der Waals surface area contributed by atoms with Crippen molar-refractivity contribution in [2.75, 3.05) is 39.4 Å². The van der Waals surface area contributed by atoms with Crippen molar-refractivity contribution in [3.63, 3.8) is 0 Å². The molecule has 1 saturated heterocycles. The number of ether oxygens (including phenoxy) is 5. The van der Waals surface area contributed by atoms with Gasteiger partial charge >= 0.3 is 31.7 Å². The zero-order chi connectivity index (χ0) is 87.2. The standard InChI is InChI=1S/C98H188N3O17P/c1-10-19-25-31-37-43-46-52-58-64-70-76-91(105)112-85(73-67-61-55-49-40-34-28-22-13-4)81-89(103)99-79-80-111-119(109,110)118-96-88(84-102)115-98(117-101(16-7,17-8)18-9)95(100-90(104)82-86(74-68-62-56-50-41-35-29-23-14-5)113-92(106)77-71-65-59-53-47-44-38-32-26-20-11-2)97(96)116-94(108)83-87(75-69-63-57-51-42-36-30-24-15-6)114-93(107)78-72-66-60-54-48-45-39-33-27-21-12-3/h85-88,95-98,102H,10-84H2,1-9H3,(H2-,99,100,103,104,109,110)/p+1/t85-,86-,87-,88-,95-,96-,97-,98?/m1/s1. The smallest absolute Gasteiger partial charge is 0.462 e. The van der Waals surface area contributed by atoms with E-state index in [2.05, 4.69) is 52.2 Å². The van der Waals surface area contributed by atoms with Crippen molar-refractivity contribution in [2.24, 2.45) is 0 Å². The number of nitrogens with zero attached hydrogens (tertiary/aromatic N) is 1. The van der Waals surface area contributed by atoms with Crippen molar-refractivity contribution >= 4 is 43.5 Å². The number of phosphoric acid groups is 1. The summed E-state index contributed by atoms with van der Waals surface area (Å²) < 4.78 is 58.0. The molecule has 0 saturated carbocycles. The lowest BCUT2D eigenvalue weighted by Crippen LogP contribution is -2.68. The zero-order valence-corrected chi connectivity index (χ0v) is 79.5. The van der Waals surface area contributed by atoms with E-state index in [-0.39, 0.29) is 55.2 Å². The zero-order valence-electron chi connectivity index (χ0n) is 78.6. The van der Waals surface area contributed by atoms with Crippen LogP contribution in [0.1, 0.15) is 505 Å². The summed E-state index contributed by atoms with van der Waals surface area (Å²) in [6, 6.07) is -1.49. The van der Waals surface area contributed by atoms with Crippen molar-refractivity contribution in [3.8, 4) is 0 Å². The second-order valence-electron chi connectivity index (χ2n) is 35.3. The highest BCUT2D eigenvalue weighted by Crippen LogP contribution is 2.48. The number of quaternary nitrogens is 1. The van der Waals surface area contributed by atoms with Crippen LogP contribution in [-0.2, 0) is 70.9 Å². The summed E-state index contributed by atoms with van der Waals surface area (Å²) in [6.45, 7) is 18.9.